The molecular weight excluding hydrogens is 962 g/mol. The number of ether oxygens (including phenoxy) is 2. The van der Waals surface area contributed by atoms with Crippen molar-refractivity contribution in [1.29, 1.82) is 0 Å². The average molecular weight is 1020 g/mol. The van der Waals surface area contributed by atoms with E-state index in [-0.39, 0.29) is 87.2 Å². The van der Waals surface area contributed by atoms with Gasteiger partial charge in [0.2, 0.25) is 29.5 Å². The number of pyridine rings is 2. The lowest BCUT2D eigenvalue weighted by atomic mass is 9.86. The highest BCUT2D eigenvalue weighted by molar-refractivity contribution is 6.12. The van der Waals surface area contributed by atoms with E-state index in [1.165, 1.54) is 18.2 Å². The summed E-state index contributed by atoms with van der Waals surface area (Å²) in [5.41, 5.74) is 1.99. The third-order valence-electron chi connectivity index (χ3n) is 13.7. The smallest absolute Gasteiger partial charge is 0.343 e. The molecule has 4 aromatic rings. The predicted molar refractivity (Wildman–Crippen MR) is 262 cm³/mol. The fraction of sp³-hybridized carbons (Fsp3) is 0.423. The van der Waals surface area contributed by atoms with E-state index >= 15 is 4.39 Å². The molecule has 0 saturated carbocycles. The summed E-state index contributed by atoms with van der Waals surface area (Å²) in [6.45, 7) is 3.47. The number of imide groups is 1. The fourth-order valence-electron chi connectivity index (χ4n) is 9.56. The number of aryl methyl sites for hydroxylation is 1. The van der Waals surface area contributed by atoms with Crippen molar-refractivity contribution in [3.05, 3.63) is 110 Å². The molecule has 3 atom stereocenters. The number of cyclic esters (lactones) is 1. The van der Waals surface area contributed by atoms with Gasteiger partial charge in [0.25, 0.3) is 17.4 Å². The van der Waals surface area contributed by atoms with Crippen molar-refractivity contribution in [1.82, 2.24) is 45.9 Å². The summed E-state index contributed by atoms with van der Waals surface area (Å²) in [6, 6.07) is 12.5. The van der Waals surface area contributed by atoms with Gasteiger partial charge in [0, 0.05) is 73.8 Å². The fourth-order valence-corrected chi connectivity index (χ4v) is 9.56. The summed E-state index contributed by atoms with van der Waals surface area (Å²) in [7, 11) is 0. The zero-order chi connectivity index (χ0) is 52.7. The Morgan fingerprint density at radius 1 is 0.892 bits per heavy atom. The molecule has 4 aliphatic rings. The van der Waals surface area contributed by atoms with Crippen LogP contribution in [0.5, 0.6) is 0 Å². The summed E-state index contributed by atoms with van der Waals surface area (Å²) in [4.78, 5) is 122. The van der Waals surface area contributed by atoms with Crippen LogP contribution in [0.25, 0.3) is 22.3 Å². The van der Waals surface area contributed by atoms with Crippen molar-refractivity contribution >= 4 is 58.2 Å². The molecule has 6 heterocycles. The molecular formula is C52H58FN9O12. The van der Waals surface area contributed by atoms with Crippen LogP contribution in [-0.2, 0) is 79.5 Å². The van der Waals surface area contributed by atoms with Crippen LogP contribution in [0.3, 0.4) is 0 Å². The van der Waals surface area contributed by atoms with Gasteiger partial charge in [-0.05, 0) is 61.4 Å². The van der Waals surface area contributed by atoms with Gasteiger partial charge >= 0.3 is 5.97 Å². The quantitative estimate of drug-likeness (QED) is 0.0242. The van der Waals surface area contributed by atoms with Crippen LogP contribution in [-0.4, -0.2) is 130 Å². The molecule has 0 aliphatic carbocycles. The van der Waals surface area contributed by atoms with Crippen molar-refractivity contribution in [2.75, 3.05) is 46.0 Å². The van der Waals surface area contributed by atoms with Crippen LogP contribution < -0.4 is 32.1 Å². The van der Waals surface area contributed by atoms with E-state index in [1.807, 2.05) is 0 Å². The Labute approximate surface area is 424 Å². The number of aliphatic hydroxyl groups is 1. The second-order valence-electron chi connectivity index (χ2n) is 18.7. The lowest BCUT2D eigenvalue weighted by Gasteiger charge is -2.31. The molecule has 74 heavy (non-hydrogen) atoms. The molecule has 8 rings (SSSR count). The number of likely N-dealkylation sites (tertiary alicyclic amines) is 1. The van der Waals surface area contributed by atoms with E-state index in [0.29, 0.717) is 67.8 Å². The number of hydrogen-bond donors (Lipinski definition) is 6. The minimum atomic E-state index is -2.00. The number of amides is 7. The van der Waals surface area contributed by atoms with Gasteiger partial charge in [0.05, 0.1) is 54.8 Å². The number of nitrogens with one attached hydrogen (secondary N) is 5. The van der Waals surface area contributed by atoms with Gasteiger partial charge in [0.1, 0.15) is 25.2 Å². The highest BCUT2D eigenvalue weighted by Gasteiger charge is 2.45. The Hall–Kier alpha value is -7.69. The van der Waals surface area contributed by atoms with Crippen molar-refractivity contribution in [2.24, 2.45) is 0 Å². The van der Waals surface area contributed by atoms with Crippen LogP contribution in [0.4, 0.5) is 4.39 Å². The standard InChI is InChI=1S/C52H58FN9O12/c1-3-52(72)37-20-41-48-35(27-62(41)50(70)36(37)28-73-51(52)71)34(33-18-30(2)38(53)21-39(33)59-48)26-60-17-15-32(25-60)74-29-57-44(65)23-56-49(69)40(19-31-10-6-4-7-11-31)58-45(66)24-55-43(64)22-54-42(63)12-8-5-9-16-61-46(67)13-14-47(61)68/h4,6-7,10-11,13-14,18,20-21,32,40,72H,3,5,8-9,12,15-17,19,22-29H2,1-2H3,(H,54,63)(H,55,64)(H,56,69)(H,57,65)(H,58,66)/t32-,40-,52-/m0/s1. The number of carbonyl (C=O) groups is 8. The van der Waals surface area contributed by atoms with Gasteiger partial charge in [-0.25, -0.2) is 14.2 Å². The van der Waals surface area contributed by atoms with Gasteiger partial charge in [-0.2, -0.15) is 0 Å². The first-order valence-corrected chi connectivity index (χ1v) is 24.6. The van der Waals surface area contributed by atoms with Crippen LogP contribution in [0.1, 0.15) is 78.8 Å². The molecule has 1 fully saturated rings. The normalized spacial score (nSPS) is 18.1. The minimum absolute atomic E-state index is 0.00996. The van der Waals surface area contributed by atoms with Crippen LogP contribution in [0.2, 0.25) is 0 Å². The molecule has 4 aliphatic heterocycles. The summed E-state index contributed by atoms with van der Waals surface area (Å²) < 4.78 is 27.9. The first-order chi connectivity index (χ1) is 35.5. The number of nitrogens with zero attached hydrogens (tertiary/aromatic N) is 4. The maximum Gasteiger partial charge on any atom is 0.343 e. The third-order valence-corrected chi connectivity index (χ3v) is 13.7. The second kappa shape index (κ2) is 23.0. The van der Waals surface area contributed by atoms with Gasteiger partial charge in [0.15, 0.2) is 5.60 Å². The van der Waals surface area contributed by atoms with Crippen LogP contribution >= 0.6 is 0 Å². The maximum absolute atomic E-state index is 15.0. The van der Waals surface area contributed by atoms with Gasteiger partial charge < -0.3 is 45.7 Å². The Bertz CT molecular complexity index is 2980. The average Bonchev–Trinajstić information content (AvgIpc) is 4.11. The zero-order valence-corrected chi connectivity index (χ0v) is 41.1. The van der Waals surface area contributed by atoms with Gasteiger partial charge in [-0.1, -0.05) is 43.7 Å². The summed E-state index contributed by atoms with van der Waals surface area (Å²) in [6.07, 6.45) is 4.53. The highest BCUT2D eigenvalue weighted by Crippen LogP contribution is 2.41. The van der Waals surface area contributed by atoms with E-state index < -0.39 is 65.7 Å². The predicted octanol–water partition coefficient (Wildman–Crippen LogP) is 0.753. The Morgan fingerprint density at radius 2 is 1.61 bits per heavy atom. The van der Waals surface area contributed by atoms with E-state index in [4.69, 9.17) is 14.5 Å². The van der Waals surface area contributed by atoms with E-state index in [1.54, 1.807) is 60.9 Å². The third kappa shape index (κ3) is 11.9. The van der Waals surface area contributed by atoms with Crippen molar-refractivity contribution in [3.8, 4) is 11.4 Å². The zero-order valence-electron chi connectivity index (χ0n) is 41.1. The molecule has 1 saturated heterocycles. The van der Waals surface area contributed by atoms with Crippen molar-refractivity contribution < 1.29 is 57.3 Å². The molecule has 22 heteroatoms. The number of halogens is 1. The number of esters is 1. The van der Waals surface area contributed by atoms with Crippen molar-refractivity contribution in [3.63, 3.8) is 0 Å². The summed E-state index contributed by atoms with van der Waals surface area (Å²) in [5.74, 6) is -4.89. The monoisotopic (exact) mass is 1020 g/mol. The minimum Gasteiger partial charge on any atom is -0.458 e. The molecule has 21 nitrogen and oxygen atoms in total. The Kier molecular flexibility index (Phi) is 16.4. The Morgan fingerprint density at radius 3 is 2.36 bits per heavy atom. The first-order valence-electron chi connectivity index (χ1n) is 24.6. The molecule has 0 bridgehead atoms. The molecule has 7 amide bonds. The van der Waals surface area contributed by atoms with Gasteiger partial charge in [-0.3, -0.25) is 48.2 Å². The second-order valence-corrected chi connectivity index (χ2v) is 18.7. The summed E-state index contributed by atoms with van der Waals surface area (Å²) in [5, 5.41) is 24.8. The largest absolute Gasteiger partial charge is 0.458 e. The van der Waals surface area contributed by atoms with Crippen LogP contribution in [0, 0.1) is 12.7 Å². The highest BCUT2D eigenvalue weighted by atomic mass is 19.1. The van der Waals surface area contributed by atoms with Crippen molar-refractivity contribution in [2.45, 2.75) is 96.2 Å². The topological polar surface area (TPSA) is 277 Å². The Balaban J connectivity index is 0.795. The molecule has 0 spiro atoms. The van der Waals surface area contributed by atoms with E-state index in [9.17, 15) is 48.3 Å². The lowest BCUT2D eigenvalue weighted by molar-refractivity contribution is -0.172. The SMILES string of the molecule is CC[C@@]1(O)C(=O)OCc2c1cc1n(c2=O)Cc2c-1nc1cc(F)c(C)cc1c2CN1CC[C@H](OCNC(=O)CNC(=O)[C@H](Cc2ccccc2)NC(=O)CNC(=O)CNC(=O)CCCCCN2C(=O)C=CC2=O)C1. The summed E-state index contributed by atoms with van der Waals surface area (Å²) >= 11 is 0. The first kappa shape index (κ1) is 52.6. The molecule has 6 N–H and O–H groups in total. The lowest BCUT2D eigenvalue weighted by Crippen LogP contribution is -2.52. The molecule has 2 aromatic carbocycles. The number of rotatable bonds is 22. The molecule has 0 radical (unpaired) electrons. The van der Waals surface area contributed by atoms with E-state index in [0.717, 1.165) is 27.0 Å². The molecule has 390 valence electrons. The number of carbonyl (C=O) groups excluding carboxylic acids is 8. The maximum atomic E-state index is 15.0. The number of unbranched alkanes of at least 4 members (excludes halogenated alkanes) is 2. The number of aromatic nitrogens is 2. The number of benzene rings is 2. The molecule has 0 unspecified atom stereocenters. The van der Waals surface area contributed by atoms with Crippen LogP contribution in [0.15, 0.2) is 65.5 Å². The van der Waals surface area contributed by atoms with E-state index in [2.05, 4.69) is 31.5 Å². The van der Waals surface area contributed by atoms with Gasteiger partial charge in [-0.15, -0.1) is 0 Å². The molecule has 2 aromatic heterocycles. The number of hydrogen-bond acceptors (Lipinski definition) is 14. The number of fused-ring (bicyclic) bond motifs is 5.